The van der Waals surface area contributed by atoms with Gasteiger partial charge in [-0.15, -0.1) is 0 Å². The number of methoxy groups -OCH3 is 2. The zero-order valence-electron chi connectivity index (χ0n) is 23.8. The number of ether oxygens (including phenoxy) is 3. The van der Waals surface area contributed by atoms with Crippen molar-refractivity contribution in [3.63, 3.8) is 0 Å². The molecular weight excluding hydrogens is 529 g/mol. The number of piperidine rings is 6. The molecule has 4 bridgehead atoms. The van der Waals surface area contributed by atoms with Crippen LogP contribution < -0.4 is 5.73 Å². The summed E-state index contributed by atoms with van der Waals surface area (Å²) in [6.45, 7) is 6.61. The van der Waals surface area contributed by atoms with Gasteiger partial charge in [0.1, 0.15) is 11.1 Å². The monoisotopic (exact) mass is 573 g/mol. The van der Waals surface area contributed by atoms with Crippen molar-refractivity contribution >= 4 is 25.1 Å². The number of fused-ring (bicyclic) bond motifs is 6. The van der Waals surface area contributed by atoms with Gasteiger partial charge in [-0.1, -0.05) is 0 Å². The van der Waals surface area contributed by atoms with Crippen LogP contribution in [0.15, 0.2) is 0 Å². The topological polar surface area (TPSA) is 147 Å². The maximum Gasteiger partial charge on any atom is 0.361 e. The lowest BCUT2D eigenvalue weighted by Gasteiger charge is -2.53. The minimum Gasteiger partial charge on any atom is -0.461 e. The number of nitrogens with two attached hydrogens (primary N) is 1. The molecule has 0 aliphatic carbocycles. The molecule has 6 saturated heterocycles. The number of esters is 1. The molecule has 0 aromatic heterocycles. The molecule has 13 heteroatoms. The third-order valence-corrected chi connectivity index (χ3v) is 11.2. The molecule has 39 heavy (non-hydrogen) atoms. The average molecular weight is 574 g/mol. The normalized spacial score (nSPS) is 37.1. The largest absolute Gasteiger partial charge is 0.461 e. The van der Waals surface area contributed by atoms with E-state index in [0.717, 1.165) is 25.7 Å². The Balaban J connectivity index is 1.65. The molecule has 6 aliphatic rings. The first-order valence-electron chi connectivity index (χ1n) is 13.8. The summed E-state index contributed by atoms with van der Waals surface area (Å²) in [6.07, 6.45) is 2.44. The van der Waals surface area contributed by atoms with Gasteiger partial charge < -0.3 is 29.0 Å². The highest BCUT2D eigenvalue weighted by molar-refractivity contribution is 7.56. The van der Waals surface area contributed by atoms with Gasteiger partial charge >= 0.3 is 13.6 Å². The van der Waals surface area contributed by atoms with Crippen molar-refractivity contribution in [3.05, 3.63) is 0 Å². The van der Waals surface area contributed by atoms with E-state index in [2.05, 4.69) is 0 Å². The van der Waals surface area contributed by atoms with Crippen LogP contribution in [0.4, 0.5) is 0 Å². The molecule has 12 nitrogen and oxygen atoms in total. The summed E-state index contributed by atoms with van der Waals surface area (Å²) in [5.41, 5.74) is 4.07. The Morgan fingerprint density at radius 2 is 1.28 bits per heavy atom. The van der Waals surface area contributed by atoms with Crippen LogP contribution in [0.2, 0.25) is 0 Å². The van der Waals surface area contributed by atoms with Gasteiger partial charge in [0, 0.05) is 26.1 Å². The van der Waals surface area contributed by atoms with Gasteiger partial charge in [0.05, 0.1) is 32.5 Å². The van der Waals surface area contributed by atoms with E-state index in [-0.39, 0.29) is 49.8 Å². The van der Waals surface area contributed by atoms with E-state index in [9.17, 15) is 18.9 Å². The second-order valence-electron chi connectivity index (χ2n) is 11.8. The molecule has 0 saturated carbocycles. The number of rotatable bonds is 13. The first-order chi connectivity index (χ1) is 18.4. The number of nitrogens with zero attached hydrogens (tertiary/aromatic N) is 2. The maximum absolute atomic E-state index is 14.7. The van der Waals surface area contributed by atoms with Crippen molar-refractivity contribution < 1.29 is 42.2 Å². The summed E-state index contributed by atoms with van der Waals surface area (Å²) in [7, 11) is -1.57. The number of carbonyl (C=O) groups excluding carboxylic acids is 3. The zero-order chi connectivity index (χ0) is 28.6. The van der Waals surface area contributed by atoms with Crippen LogP contribution in [0.5, 0.6) is 0 Å². The van der Waals surface area contributed by atoms with Crippen LogP contribution in [0.25, 0.3) is 0 Å². The van der Waals surface area contributed by atoms with Crippen molar-refractivity contribution in [1.29, 1.82) is 0 Å². The Kier molecular flexibility index (Phi) is 9.11. The molecule has 0 aromatic rings. The molecule has 0 spiro atoms. The SMILES string of the molecule is COCC1(COP(=O)(OCC2(COC)C(=O)C3CCN2CC3)[C@@](C)(N)C(=O)OC(C)C)C(=O)C2CCN1CC2. The molecular formula is C26H44N3O9P. The number of carbonyl (C=O) groups is 3. The van der Waals surface area contributed by atoms with Gasteiger partial charge in [0.2, 0.25) is 5.28 Å². The second kappa shape index (κ2) is 11.6. The van der Waals surface area contributed by atoms with Gasteiger partial charge in [-0.05, 0) is 72.6 Å². The summed E-state index contributed by atoms with van der Waals surface area (Å²) in [5.74, 6) is -1.33. The highest BCUT2D eigenvalue weighted by atomic mass is 31.2. The summed E-state index contributed by atoms with van der Waals surface area (Å²) in [4.78, 5) is 44.1. The zero-order valence-corrected chi connectivity index (χ0v) is 24.7. The summed E-state index contributed by atoms with van der Waals surface area (Å²) in [5, 5.41) is -2.21. The molecule has 6 heterocycles. The molecule has 6 aliphatic heterocycles. The quantitative estimate of drug-likeness (QED) is 0.249. The summed E-state index contributed by atoms with van der Waals surface area (Å²) < 4.78 is 43.0. The Labute approximate surface area is 230 Å². The fourth-order valence-electron chi connectivity index (χ4n) is 6.56. The average Bonchev–Trinajstić information content (AvgIpc) is 2.91. The minimum atomic E-state index is -4.56. The number of ketones is 2. The van der Waals surface area contributed by atoms with Crippen LogP contribution >= 0.6 is 7.60 Å². The third-order valence-electron chi connectivity index (χ3n) is 8.90. The van der Waals surface area contributed by atoms with Crippen molar-refractivity contribution in [1.82, 2.24) is 9.80 Å². The highest BCUT2D eigenvalue weighted by Crippen LogP contribution is 2.60. The molecule has 6 rings (SSSR count). The molecule has 2 unspecified atom stereocenters. The van der Waals surface area contributed by atoms with Crippen molar-refractivity contribution in [2.75, 3.05) is 66.8 Å². The predicted molar refractivity (Wildman–Crippen MR) is 141 cm³/mol. The highest BCUT2D eigenvalue weighted by Gasteiger charge is 2.60. The Morgan fingerprint density at radius 3 is 1.59 bits per heavy atom. The smallest absolute Gasteiger partial charge is 0.361 e. The molecule has 3 atom stereocenters. The lowest BCUT2D eigenvalue weighted by molar-refractivity contribution is -0.159. The van der Waals surface area contributed by atoms with Gasteiger partial charge in [-0.25, -0.2) is 4.79 Å². The number of Topliss-reactive ketones (excluding diaryl/α,β-unsaturated/α-hetero) is 2. The second-order valence-corrected chi connectivity index (χ2v) is 14.3. The van der Waals surface area contributed by atoms with Crippen molar-refractivity contribution in [3.8, 4) is 0 Å². The number of hydrogen-bond acceptors (Lipinski definition) is 12. The standard InChI is InChI=1S/C26H44N3O9P/c1-18(2)38-23(32)24(3,27)39(33,36-16-25(14-34-4)21(30)19-6-10-28(25)11-7-19)37-17-26(15-35-5)22(31)20-8-12-29(26)13-9-20/h18-20H,6-17,27H2,1-5H3/t24-,25?,26?,39?/m1/s1. The predicted octanol–water partition coefficient (Wildman–Crippen LogP) is 1.20. The van der Waals surface area contributed by atoms with E-state index in [1.54, 1.807) is 13.8 Å². The van der Waals surface area contributed by atoms with Gasteiger partial charge in [-0.3, -0.25) is 24.0 Å². The van der Waals surface area contributed by atoms with Crippen molar-refractivity contribution in [2.45, 2.75) is 68.9 Å². The summed E-state index contributed by atoms with van der Waals surface area (Å²) in [6, 6.07) is 0. The van der Waals surface area contributed by atoms with Crippen LogP contribution in [-0.2, 0) is 42.2 Å². The van der Waals surface area contributed by atoms with E-state index in [4.69, 9.17) is 29.0 Å². The first kappa shape index (κ1) is 30.7. The Morgan fingerprint density at radius 1 is 0.897 bits per heavy atom. The van der Waals surface area contributed by atoms with Gasteiger partial charge in [0.15, 0.2) is 11.6 Å². The van der Waals surface area contributed by atoms with E-state index < -0.39 is 36.0 Å². The van der Waals surface area contributed by atoms with E-state index >= 15 is 0 Å². The minimum absolute atomic E-state index is 0.0294. The van der Waals surface area contributed by atoms with E-state index in [1.807, 2.05) is 9.80 Å². The van der Waals surface area contributed by atoms with Gasteiger partial charge in [-0.2, -0.15) is 0 Å². The summed E-state index contributed by atoms with van der Waals surface area (Å²) >= 11 is 0. The van der Waals surface area contributed by atoms with Gasteiger partial charge in [0.25, 0.3) is 0 Å². The fraction of sp³-hybridized carbons (Fsp3) is 0.885. The molecule has 0 amide bonds. The Bertz CT molecular complexity index is 933. The molecule has 6 fully saturated rings. The molecule has 0 radical (unpaired) electrons. The van der Waals surface area contributed by atoms with Crippen LogP contribution in [-0.4, -0.2) is 117 Å². The lowest BCUT2D eigenvalue weighted by atomic mass is 9.74. The third kappa shape index (κ3) is 5.28. The Hall–Kier alpha value is -1.24. The lowest BCUT2D eigenvalue weighted by Crippen LogP contribution is -2.69. The van der Waals surface area contributed by atoms with E-state index in [0.29, 0.717) is 26.2 Å². The molecule has 0 aromatic carbocycles. The van der Waals surface area contributed by atoms with Crippen molar-refractivity contribution in [2.24, 2.45) is 17.6 Å². The van der Waals surface area contributed by atoms with E-state index in [1.165, 1.54) is 21.1 Å². The van der Waals surface area contributed by atoms with Crippen LogP contribution in [0.3, 0.4) is 0 Å². The number of hydrogen-bond donors (Lipinski definition) is 1. The fourth-order valence-corrected chi connectivity index (χ4v) is 8.21. The maximum atomic E-state index is 14.7. The first-order valence-corrected chi connectivity index (χ1v) is 15.4. The van der Waals surface area contributed by atoms with Crippen LogP contribution in [0.1, 0.15) is 46.5 Å². The molecule has 2 N–H and O–H groups in total. The molecule has 222 valence electrons. The van der Waals surface area contributed by atoms with Crippen LogP contribution in [0, 0.1) is 11.8 Å².